The van der Waals surface area contributed by atoms with Gasteiger partial charge in [0, 0.05) is 6.42 Å². The molecule has 10 heteroatoms. The first-order chi connectivity index (χ1) is 13.8. The lowest BCUT2D eigenvalue weighted by atomic mass is 9.99. The van der Waals surface area contributed by atoms with Crippen LogP contribution in [0.3, 0.4) is 0 Å². The van der Waals surface area contributed by atoms with E-state index in [1.807, 2.05) is 0 Å². The van der Waals surface area contributed by atoms with Crippen LogP contribution in [0.15, 0.2) is 0 Å². The van der Waals surface area contributed by atoms with Crippen LogP contribution in [-0.2, 0) is 23.8 Å². The molecular formula is C19H34O10. The maximum absolute atomic E-state index is 11.8. The van der Waals surface area contributed by atoms with Crippen LogP contribution >= 0.6 is 0 Å². The van der Waals surface area contributed by atoms with Crippen molar-refractivity contribution < 1.29 is 49.3 Å². The molecule has 5 N–H and O–H groups in total. The van der Waals surface area contributed by atoms with Crippen molar-refractivity contribution in [3.63, 3.8) is 0 Å². The smallest absolute Gasteiger partial charge is 0.335 e. The molecule has 0 aromatic heterocycles. The molecule has 0 spiro atoms. The van der Waals surface area contributed by atoms with Gasteiger partial charge in [-0.05, 0) is 6.42 Å². The molecule has 0 amide bonds. The normalized spacial score (nSPS) is 28.1. The molecule has 1 aliphatic heterocycles. The third kappa shape index (κ3) is 8.93. The molecule has 0 radical (unpaired) electrons. The first-order valence-corrected chi connectivity index (χ1v) is 10.2. The van der Waals surface area contributed by atoms with Crippen LogP contribution in [0.25, 0.3) is 0 Å². The quantitative estimate of drug-likeness (QED) is 0.189. The standard InChI is InChI=1S/C19H34O10/c1-2-3-4-5-6-7-8-9-13(21)27-11-12(10-20)28-19-16(24)14(22)15(23)17(29-19)18(25)26/h12,14-17,19-20,22-24H,2-11H2,1H3,(H,25,26)/t12-,14-,15-,16+,17-,19+/m0/s1. The molecule has 0 saturated carbocycles. The van der Waals surface area contributed by atoms with Crippen molar-refractivity contribution in [2.75, 3.05) is 13.2 Å². The highest BCUT2D eigenvalue weighted by Gasteiger charge is 2.48. The van der Waals surface area contributed by atoms with Crippen LogP contribution in [0.4, 0.5) is 0 Å². The third-order valence-electron chi connectivity index (χ3n) is 4.76. The molecule has 0 aliphatic carbocycles. The largest absolute Gasteiger partial charge is 0.479 e. The van der Waals surface area contributed by atoms with Crippen molar-refractivity contribution >= 4 is 11.9 Å². The van der Waals surface area contributed by atoms with Crippen molar-refractivity contribution in [2.45, 2.75) is 95.1 Å². The lowest BCUT2D eigenvalue weighted by Crippen LogP contribution is -2.61. The van der Waals surface area contributed by atoms with Gasteiger partial charge in [-0.1, -0.05) is 45.4 Å². The predicted molar refractivity (Wildman–Crippen MR) is 99.8 cm³/mol. The molecule has 6 atom stereocenters. The lowest BCUT2D eigenvalue weighted by molar-refractivity contribution is -0.308. The molecule has 1 heterocycles. The van der Waals surface area contributed by atoms with Gasteiger partial charge in [0.2, 0.25) is 0 Å². The molecule has 1 aliphatic rings. The molecule has 0 bridgehead atoms. The summed E-state index contributed by atoms with van der Waals surface area (Å²) in [5, 5.41) is 47.7. The van der Waals surface area contributed by atoms with E-state index in [-0.39, 0.29) is 13.0 Å². The van der Waals surface area contributed by atoms with Gasteiger partial charge in [0.1, 0.15) is 31.0 Å². The Morgan fingerprint density at radius 3 is 2.17 bits per heavy atom. The minimum absolute atomic E-state index is 0.237. The summed E-state index contributed by atoms with van der Waals surface area (Å²) in [4.78, 5) is 22.9. The number of aliphatic carboxylic acids is 1. The Balaban J connectivity index is 2.35. The minimum Gasteiger partial charge on any atom is -0.479 e. The molecule has 1 fully saturated rings. The summed E-state index contributed by atoms with van der Waals surface area (Å²) in [5.41, 5.74) is 0. The molecule has 1 rings (SSSR count). The van der Waals surface area contributed by atoms with Gasteiger partial charge in [-0.15, -0.1) is 0 Å². The number of aliphatic hydroxyl groups is 4. The SMILES string of the molecule is CCCCCCCCCC(=O)OC[C@H](CO)O[C@@H]1O[C@H](C(=O)O)[C@@H](O)[C@H](O)[C@H]1O. The predicted octanol–water partition coefficient (Wildman–Crippen LogP) is -0.0600. The molecule has 1 saturated heterocycles. The molecule has 10 nitrogen and oxygen atoms in total. The van der Waals surface area contributed by atoms with Crippen LogP contribution in [0.2, 0.25) is 0 Å². The monoisotopic (exact) mass is 422 g/mol. The number of ether oxygens (including phenoxy) is 3. The summed E-state index contributed by atoms with van der Waals surface area (Å²) in [6.45, 7) is 1.24. The average Bonchev–Trinajstić information content (AvgIpc) is 2.69. The highest BCUT2D eigenvalue weighted by Crippen LogP contribution is 2.23. The van der Waals surface area contributed by atoms with Gasteiger partial charge in [0.05, 0.1) is 6.61 Å². The van der Waals surface area contributed by atoms with E-state index in [0.717, 1.165) is 19.3 Å². The second kappa shape index (κ2) is 13.8. The van der Waals surface area contributed by atoms with Gasteiger partial charge in [-0.2, -0.15) is 0 Å². The second-order valence-electron chi connectivity index (χ2n) is 7.23. The highest BCUT2D eigenvalue weighted by atomic mass is 16.7. The Morgan fingerprint density at radius 1 is 0.966 bits per heavy atom. The minimum atomic E-state index is -1.84. The van der Waals surface area contributed by atoms with Crippen LogP contribution in [0.5, 0.6) is 0 Å². The lowest BCUT2D eigenvalue weighted by Gasteiger charge is -2.39. The van der Waals surface area contributed by atoms with E-state index in [4.69, 9.17) is 19.3 Å². The Kier molecular flexibility index (Phi) is 12.3. The fourth-order valence-corrected chi connectivity index (χ4v) is 2.97. The van der Waals surface area contributed by atoms with Crippen molar-refractivity contribution in [3.05, 3.63) is 0 Å². The van der Waals surface area contributed by atoms with E-state index in [1.165, 1.54) is 19.3 Å². The van der Waals surface area contributed by atoms with Gasteiger partial charge in [-0.25, -0.2) is 4.79 Å². The van der Waals surface area contributed by atoms with Gasteiger partial charge in [-0.3, -0.25) is 4.79 Å². The van der Waals surface area contributed by atoms with Gasteiger partial charge >= 0.3 is 11.9 Å². The summed E-state index contributed by atoms with van der Waals surface area (Å²) in [5.74, 6) is -2.00. The van der Waals surface area contributed by atoms with E-state index >= 15 is 0 Å². The molecule has 29 heavy (non-hydrogen) atoms. The van der Waals surface area contributed by atoms with Crippen LogP contribution in [-0.4, -0.2) is 87.5 Å². The first-order valence-electron chi connectivity index (χ1n) is 10.2. The third-order valence-corrected chi connectivity index (χ3v) is 4.76. The van der Waals surface area contributed by atoms with E-state index in [1.54, 1.807) is 0 Å². The maximum atomic E-state index is 11.8. The van der Waals surface area contributed by atoms with Crippen molar-refractivity contribution in [1.82, 2.24) is 0 Å². The number of carbonyl (C=O) groups is 2. The Hall–Kier alpha value is -1.30. The second-order valence-corrected chi connectivity index (χ2v) is 7.23. The maximum Gasteiger partial charge on any atom is 0.335 e. The number of hydrogen-bond acceptors (Lipinski definition) is 9. The number of hydrogen-bond donors (Lipinski definition) is 5. The van der Waals surface area contributed by atoms with E-state index in [2.05, 4.69) is 6.92 Å². The van der Waals surface area contributed by atoms with Crippen LogP contribution in [0, 0.1) is 0 Å². The van der Waals surface area contributed by atoms with E-state index in [9.17, 15) is 30.0 Å². The number of carboxylic acids is 1. The van der Waals surface area contributed by atoms with Gasteiger partial charge < -0.3 is 39.7 Å². The van der Waals surface area contributed by atoms with Crippen molar-refractivity contribution in [1.29, 1.82) is 0 Å². The zero-order valence-electron chi connectivity index (χ0n) is 16.8. The van der Waals surface area contributed by atoms with Crippen LogP contribution in [0.1, 0.15) is 58.3 Å². The molecule has 0 aromatic carbocycles. The fraction of sp³-hybridized carbons (Fsp3) is 0.895. The first kappa shape index (κ1) is 25.7. The Morgan fingerprint density at radius 2 is 1.59 bits per heavy atom. The summed E-state index contributed by atoms with van der Waals surface area (Å²) < 4.78 is 15.3. The van der Waals surface area contributed by atoms with Crippen molar-refractivity contribution in [3.8, 4) is 0 Å². The Labute approximate surface area is 170 Å². The molecular weight excluding hydrogens is 388 g/mol. The molecule has 0 unspecified atom stereocenters. The summed E-state index contributed by atoms with van der Waals surface area (Å²) in [6.07, 6.45) is -2.25. The zero-order chi connectivity index (χ0) is 21.8. The topological polar surface area (TPSA) is 163 Å². The number of carbonyl (C=O) groups excluding carboxylic acids is 1. The summed E-state index contributed by atoms with van der Waals surface area (Å²) in [6, 6.07) is 0. The fourth-order valence-electron chi connectivity index (χ4n) is 2.97. The van der Waals surface area contributed by atoms with Crippen LogP contribution < -0.4 is 0 Å². The van der Waals surface area contributed by atoms with E-state index in [0.29, 0.717) is 6.42 Å². The number of aliphatic hydroxyl groups excluding tert-OH is 4. The average molecular weight is 422 g/mol. The summed E-state index contributed by atoms with van der Waals surface area (Å²) >= 11 is 0. The highest BCUT2D eigenvalue weighted by molar-refractivity contribution is 5.73. The van der Waals surface area contributed by atoms with Gasteiger partial charge in [0.15, 0.2) is 12.4 Å². The Bertz CT molecular complexity index is 486. The molecule has 0 aromatic rings. The van der Waals surface area contributed by atoms with E-state index < -0.39 is 55.4 Å². The van der Waals surface area contributed by atoms with Gasteiger partial charge in [0.25, 0.3) is 0 Å². The van der Waals surface area contributed by atoms with Crippen molar-refractivity contribution in [2.24, 2.45) is 0 Å². The number of unbranched alkanes of at least 4 members (excludes halogenated alkanes) is 6. The number of carboxylic acid groups (broad SMARTS) is 1. The molecule has 170 valence electrons. The summed E-state index contributed by atoms with van der Waals surface area (Å²) in [7, 11) is 0. The number of rotatable bonds is 14. The zero-order valence-corrected chi connectivity index (χ0v) is 16.8. The number of esters is 1.